The molecule has 1 aromatic carbocycles. The van der Waals surface area contributed by atoms with Crippen molar-refractivity contribution in [2.45, 2.75) is 26.4 Å². The zero-order chi connectivity index (χ0) is 14.9. The van der Waals surface area contributed by atoms with E-state index < -0.39 is 11.7 Å². The fraction of sp³-hybridized carbons (Fsp3) is 0.286. The molecule has 0 aliphatic heterocycles. The molecule has 106 valence electrons. The van der Waals surface area contributed by atoms with Gasteiger partial charge in [0.1, 0.15) is 0 Å². The molecule has 0 bridgehead atoms. The van der Waals surface area contributed by atoms with Gasteiger partial charge in [-0.15, -0.1) is 0 Å². The van der Waals surface area contributed by atoms with Crippen molar-refractivity contribution in [2.24, 2.45) is 0 Å². The van der Waals surface area contributed by atoms with Crippen molar-refractivity contribution in [3.05, 3.63) is 29.4 Å². The second kappa shape index (κ2) is 5.63. The molecule has 0 radical (unpaired) electrons. The maximum absolute atomic E-state index is 11.8. The van der Waals surface area contributed by atoms with E-state index in [2.05, 4.69) is 10.3 Å². The number of ether oxygens (including phenoxy) is 1. The summed E-state index contributed by atoms with van der Waals surface area (Å²) in [6.07, 6.45) is 1.24. The summed E-state index contributed by atoms with van der Waals surface area (Å²) in [6.45, 7) is 5.45. The molecule has 0 fully saturated rings. The first-order valence-corrected chi connectivity index (χ1v) is 7.68. The molecule has 1 heterocycles. The third-order valence-corrected chi connectivity index (χ3v) is 3.43. The van der Waals surface area contributed by atoms with E-state index in [0.29, 0.717) is 10.7 Å². The quantitative estimate of drug-likeness (QED) is 0.801. The Morgan fingerprint density at radius 3 is 2.70 bits per heavy atom. The molecule has 0 saturated heterocycles. The Morgan fingerprint density at radius 1 is 1.35 bits per heavy atom. The second-order valence-corrected chi connectivity index (χ2v) is 7.06. The molecule has 1 amide bonds. The number of nitrogens with zero attached hydrogens (tertiary/aromatic N) is 1. The van der Waals surface area contributed by atoms with Crippen molar-refractivity contribution in [3.63, 3.8) is 0 Å². The van der Waals surface area contributed by atoms with Gasteiger partial charge in [0.05, 0.1) is 0 Å². The van der Waals surface area contributed by atoms with E-state index in [4.69, 9.17) is 16.3 Å². The average molecular weight is 355 g/mol. The number of benzene rings is 1. The van der Waals surface area contributed by atoms with E-state index in [9.17, 15) is 4.79 Å². The molecule has 0 spiro atoms. The van der Waals surface area contributed by atoms with Crippen molar-refractivity contribution in [3.8, 4) is 0 Å². The number of hydrogen-bond acceptors (Lipinski definition) is 3. The van der Waals surface area contributed by atoms with Crippen LogP contribution in [-0.2, 0) is 4.74 Å². The number of carbonyl (C=O) groups is 1. The summed E-state index contributed by atoms with van der Waals surface area (Å²) >= 11 is 7.64. The first-order valence-electron chi connectivity index (χ1n) is 6.09. The van der Waals surface area contributed by atoms with Crippen LogP contribution in [0, 0.1) is 0 Å². The van der Waals surface area contributed by atoms with E-state index in [-0.39, 0.29) is 0 Å². The number of carbonyl (C=O) groups excluding carboxylic acids is 1. The summed E-state index contributed by atoms with van der Waals surface area (Å²) < 4.78 is 6.17. The van der Waals surface area contributed by atoms with Gasteiger partial charge in [-0.25, -0.2) is 0 Å². The molecule has 1 atom stereocenters. The predicted molar refractivity (Wildman–Crippen MR) is 84.8 cm³/mol. The van der Waals surface area contributed by atoms with Crippen molar-refractivity contribution in [1.29, 1.82) is 0 Å². The first kappa shape index (κ1) is 15.1. The summed E-state index contributed by atoms with van der Waals surface area (Å²) in [7, 11) is 0. The molecule has 4 nitrogen and oxygen atoms in total. The van der Waals surface area contributed by atoms with Crippen molar-refractivity contribution < 1.29 is 9.53 Å². The van der Waals surface area contributed by atoms with Gasteiger partial charge in [-0.05, 0) is 0 Å². The van der Waals surface area contributed by atoms with E-state index in [1.54, 1.807) is 12.3 Å². The molecular formula is C14H16AsClN2O2. The number of halogens is 1. The molecule has 2 rings (SSSR count). The first-order chi connectivity index (χ1) is 9.24. The molecule has 0 aliphatic carbocycles. The number of hydrogen-bond donors (Lipinski definition) is 1. The molecule has 20 heavy (non-hydrogen) atoms. The molecular weight excluding hydrogens is 339 g/mol. The molecule has 1 N–H and O–H groups in total. The minimum atomic E-state index is -0.534. The molecule has 0 aliphatic rings. The summed E-state index contributed by atoms with van der Waals surface area (Å²) in [5, 5.41) is 5.05. The maximum atomic E-state index is 11.8. The van der Waals surface area contributed by atoms with Crippen LogP contribution in [0.15, 0.2) is 24.4 Å². The van der Waals surface area contributed by atoms with Gasteiger partial charge in [-0.2, -0.15) is 0 Å². The summed E-state index contributed by atoms with van der Waals surface area (Å²) in [5.74, 6) is 0. The number of fused-ring (bicyclic) bond motifs is 1. The van der Waals surface area contributed by atoms with Crippen LogP contribution in [0.5, 0.6) is 0 Å². The predicted octanol–water partition coefficient (Wildman–Crippen LogP) is 2.49. The number of aromatic nitrogens is 1. The van der Waals surface area contributed by atoms with E-state index in [0.717, 1.165) is 15.3 Å². The minimum absolute atomic E-state index is 0.497. The number of pyridine rings is 1. The standard InChI is InChI=1S/C14H16AsClN2O2/c1-14(2,3)20-13(19)18-9-4-8-5-12(15)17-7-10(8)11(16)6-9/h4-7H,15H2,1-3H3,(H,18,19). The third kappa shape index (κ3) is 3.87. The fourth-order valence-corrected chi connectivity index (χ4v) is 2.53. The van der Waals surface area contributed by atoms with Gasteiger partial charge in [-0.3, -0.25) is 0 Å². The van der Waals surface area contributed by atoms with Crippen LogP contribution in [0.2, 0.25) is 5.02 Å². The van der Waals surface area contributed by atoms with E-state index in [1.807, 2.05) is 32.9 Å². The van der Waals surface area contributed by atoms with Crippen LogP contribution < -0.4 is 9.80 Å². The van der Waals surface area contributed by atoms with Gasteiger partial charge >= 0.3 is 131 Å². The van der Waals surface area contributed by atoms with Gasteiger partial charge < -0.3 is 0 Å². The van der Waals surface area contributed by atoms with Crippen LogP contribution >= 0.6 is 11.6 Å². The van der Waals surface area contributed by atoms with Crippen LogP contribution in [0.1, 0.15) is 20.8 Å². The monoisotopic (exact) mass is 354 g/mol. The Hall–Kier alpha value is -1.25. The van der Waals surface area contributed by atoms with Crippen molar-refractivity contribution in [2.75, 3.05) is 5.32 Å². The SMILES string of the molecule is CC(C)(C)OC(=O)Nc1cc(Cl)c2cnc([AsH2])cc2c1. The molecule has 1 aromatic heterocycles. The van der Waals surface area contributed by atoms with Gasteiger partial charge in [0, 0.05) is 0 Å². The zero-order valence-electron chi connectivity index (χ0n) is 11.5. The Bertz CT molecular complexity index is 668. The van der Waals surface area contributed by atoms with Crippen molar-refractivity contribution in [1.82, 2.24) is 4.98 Å². The van der Waals surface area contributed by atoms with Gasteiger partial charge in [0.15, 0.2) is 0 Å². The van der Waals surface area contributed by atoms with Gasteiger partial charge in [0.25, 0.3) is 0 Å². The van der Waals surface area contributed by atoms with E-state index in [1.165, 1.54) is 16.9 Å². The Morgan fingerprint density at radius 2 is 2.05 bits per heavy atom. The summed E-state index contributed by atoms with van der Waals surface area (Å²) in [4.78, 5) is 16.0. The Balaban J connectivity index is 2.29. The van der Waals surface area contributed by atoms with Crippen LogP contribution in [0.4, 0.5) is 10.5 Å². The van der Waals surface area contributed by atoms with Gasteiger partial charge in [-0.1, -0.05) is 0 Å². The Kier molecular flexibility index (Phi) is 4.26. The molecule has 0 saturated carbocycles. The average Bonchev–Trinajstić information content (AvgIpc) is 2.24. The number of rotatable bonds is 1. The number of nitrogens with one attached hydrogen (secondary N) is 1. The topological polar surface area (TPSA) is 51.2 Å². The normalized spacial score (nSPS) is 11.4. The van der Waals surface area contributed by atoms with Gasteiger partial charge in [0.2, 0.25) is 0 Å². The second-order valence-electron chi connectivity index (χ2n) is 5.42. The Labute approximate surface area is 131 Å². The number of anilines is 1. The van der Waals surface area contributed by atoms with Crippen LogP contribution in [0.3, 0.4) is 0 Å². The molecule has 2 aromatic rings. The summed E-state index contributed by atoms with van der Waals surface area (Å²) in [5.41, 5.74) is 0.0724. The fourth-order valence-electron chi connectivity index (χ4n) is 1.72. The van der Waals surface area contributed by atoms with Crippen molar-refractivity contribution >= 4 is 55.5 Å². The summed E-state index contributed by atoms with van der Waals surface area (Å²) in [6, 6.07) is 5.49. The number of amides is 1. The van der Waals surface area contributed by atoms with E-state index >= 15 is 0 Å². The third-order valence-electron chi connectivity index (χ3n) is 2.45. The molecule has 6 heteroatoms. The van der Waals surface area contributed by atoms with Crippen LogP contribution in [0.25, 0.3) is 10.8 Å². The molecule has 1 unspecified atom stereocenters. The zero-order valence-corrected chi connectivity index (χ0v) is 14.7. The van der Waals surface area contributed by atoms with Crippen LogP contribution in [-0.4, -0.2) is 33.5 Å².